The Morgan fingerprint density at radius 2 is 1.37 bits per heavy atom. The van der Waals surface area contributed by atoms with Crippen molar-refractivity contribution >= 4 is 17.8 Å². The number of phenols is 4. The molecular weight excluding hydrogens is 684 g/mol. The number of hydrogen-bond acceptors (Lipinski definition) is 15. The number of carbonyl (C=O) groups excluding carboxylic acids is 2. The minimum atomic E-state index is -1.76. The molecule has 0 spiro atoms. The largest absolute Gasteiger partial charge is 0.504 e. The predicted molar refractivity (Wildman–Crippen MR) is 183 cm³/mol. The maximum absolute atomic E-state index is 13.1. The van der Waals surface area contributed by atoms with E-state index in [1.165, 1.54) is 51.7 Å². The summed E-state index contributed by atoms with van der Waals surface area (Å²) in [6.07, 6.45) is -5.79. The Morgan fingerprint density at radius 1 is 0.769 bits per heavy atom. The maximum atomic E-state index is 13.1. The van der Waals surface area contributed by atoms with Crippen LogP contribution in [0, 0.1) is 0 Å². The zero-order valence-corrected chi connectivity index (χ0v) is 28.9. The average molecular weight is 729 g/mol. The Labute approximate surface area is 299 Å². The van der Waals surface area contributed by atoms with Crippen molar-refractivity contribution in [2.45, 2.75) is 68.9 Å². The molecule has 7 N–H and O–H groups in total. The lowest BCUT2D eigenvalue weighted by molar-refractivity contribution is -0.311. The first-order valence-electron chi connectivity index (χ1n) is 16.4. The number of ether oxygens (including phenoxy) is 6. The Kier molecular flexibility index (Phi) is 14.1. The number of aliphatic hydroxyl groups is 3. The highest BCUT2D eigenvalue weighted by Gasteiger charge is 2.45. The highest BCUT2D eigenvalue weighted by molar-refractivity contribution is 5.87. The molecule has 1 saturated heterocycles. The minimum Gasteiger partial charge on any atom is -0.504 e. The Bertz CT molecular complexity index is 1680. The van der Waals surface area contributed by atoms with Crippen LogP contribution in [0.3, 0.4) is 0 Å². The molecule has 15 heteroatoms. The summed E-state index contributed by atoms with van der Waals surface area (Å²) in [7, 11) is 4.36. The van der Waals surface area contributed by atoms with Crippen LogP contribution in [-0.2, 0) is 36.6 Å². The van der Waals surface area contributed by atoms with Gasteiger partial charge in [0.1, 0.15) is 36.8 Å². The van der Waals surface area contributed by atoms with Crippen LogP contribution in [0.4, 0.5) is 0 Å². The van der Waals surface area contributed by atoms with Crippen molar-refractivity contribution in [1.82, 2.24) is 0 Å². The molecule has 3 aromatic rings. The number of Topliss-reactive ketones (excluding diaryl/α,β-unsaturated/α-hetero) is 1. The van der Waals surface area contributed by atoms with E-state index in [2.05, 4.69) is 0 Å². The molecule has 0 aromatic heterocycles. The maximum Gasteiger partial charge on any atom is 0.330 e. The van der Waals surface area contributed by atoms with Crippen LogP contribution in [0.15, 0.2) is 54.6 Å². The number of benzene rings is 3. The summed E-state index contributed by atoms with van der Waals surface area (Å²) in [5.41, 5.74) is 1.75. The molecule has 0 amide bonds. The third-order valence-corrected chi connectivity index (χ3v) is 8.47. The molecule has 6 atom stereocenters. The zero-order chi connectivity index (χ0) is 37.9. The van der Waals surface area contributed by atoms with Gasteiger partial charge in [0.15, 0.2) is 40.8 Å². The van der Waals surface area contributed by atoms with Gasteiger partial charge in [-0.05, 0) is 78.4 Å². The molecule has 0 unspecified atom stereocenters. The Balaban J connectivity index is 1.42. The van der Waals surface area contributed by atoms with Crippen LogP contribution in [0.1, 0.15) is 36.0 Å². The first kappa shape index (κ1) is 39.7. The van der Waals surface area contributed by atoms with Crippen molar-refractivity contribution in [3.63, 3.8) is 0 Å². The minimum absolute atomic E-state index is 0.0433. The number of hydrogen-bond donors (Lipinski definition) is 7. The van der Waals surface area contributed by atoms with E-state index in [1.54, 1.807) is 24.3 Å². The summed E-state index contributed by atoms with van der Waals surface area (Å²) in [6, 6.07) is 11.7. The number of esters is 1. The Hall–Kier alpha value is -5.06. The second-order valence-electron chi connectivity index (χ2n) is 12.1. The molecule has 0 radical (unpaired) electrons. The van der Waals surface area contributed by atoms with Crippen molar-refractivity contribution < 1.29 is 73.8 Å². The van der Waals surface area contributed by atoms with Crippen molar-refractivity contribution in [3.05, 3.63) is 71.3 Å². The molecule has 1 aliphatic heterocycles. The van der Waals surface area contributed by atoms with Gasteiger partial charge in [-0.25, -0.2) is 4.79 Å². The van der Waals surface area contributed by atoms with Gasteiger partial charge in [-0.1, -0.05) is 12.1 Å². The van der Waals surface area contributed by atoms with Gasteiger partial charge >= 0.3 is 5.97 Å². The van der Waals surface area contributed by atoms with E-state index in [1.807, 2.05) is 0 Å². The van der Waals surface area contributed by atoms with E-state index in [0.29, 0.717) is 33.9 Å². The van der Waals surface area contributed by atoms with Crippen LogP contribution < -0.4 is 14.2 Å². The van der Waals surface area contributed by atoms with Crippen molar-refractivity contribution in [2.75, 3.05) is 27.9 Å². The summed E-state index contributed by atoms with van der Waals surface area (Å²) in [6.45, 7) is -0.529. The molecule has 1 aliphatic rings. The molecular formula is C37H44O15. The second kappa shape index (κ2) is 18.4. The zero-order valence-electron chi connectivity index (χ0n) is 28.9. The van der Waals surface area contributed by atoms with E-state index in [0.717, 1.165) is 6.08 Å². The number of methoxy groups -OCH3 is 3. The molecule has 0 aliphatic carbocycles. The number of aromatic hydroxyl groups is 4. The smallest absolute Gasteiger partial charge is 0.330 e. The van der Waals surface area contributed by atoms with Gasteiger partial charge in [0, 0.05) is 18.9 Å². The SMILES string of the molecule is COc1cc(C=CC(=O)OC[C@H]2O[C@@H](O[C@@H](CCc3ccc(O)c(O)c3)CC(=O)CCc3ccc(O)c(O)c3)[C@H](O)[C@@H](O)[C@@H]2O)cc(OC)c1OC. The van der Waals surface area contributed by atoms with Crippen LogP contribution in [0.25, 0.3) is 6.08 Å². The van der Waals surface area contributed by atoms with E-state index >= 15 is 0 Å². The monoisotopic (exact) mass is 728 g/mol. The van der Waals surface area contributed by atoms with E-state index in [9.17, 15) is 45.3 Å². The molecule has 282 valence electrons. The van der Waals surface area contributed by atoms with Gasteiger partial charge in [0.25, 0.3) is 0 Å². The molecule has 15 nitrogen and oxygen atoms in total. The topological polar surface area (TPSA) is 231 Å². The fourth-order valence-electron chi connectivity index (χ4n) is 5.57. The highest BCUT2D eigenvalue weighted by atomic mass is 16.7. The molecule has 4 rings (SSSR count). The molecule has 0 saturated carbocycles. The Morgan fingerprint density at radius 3 is 1.92 bits per heavy atom. The standard InChI is InChI=1S/C37H44O15/c1-47-29-16-22(17-30(48-2)36(29)49-3)8-13-32(43)50-19-31-33(44)34(45)35(46)37(52-31)51-24(10-5-21-7-12-26(40)28(42)15-21)18-23(38)9-4-20-6-11-25(39)27(41)14-20/h6-8,11-17,24,31,33-35,37,39-42,44-46H,4-5,9-10,18-19H2,1-3H3/t24-,31+,33+,34-,35+,37+/m0/s1. The lowest BCUT2D eigenvalue weighted by Gasteiger charge is -2.41. The molecule has 52 heavy (non-hydrogen) atoms. The number of phenolic OH excluding ortho intramolecular Hbond substituents is 4. The number of rotatable bonds is 17. The van der Waals surface area contributed by atoms with Crippen molar-refractivity contribution in [2.24, 2.45) is 0 Å². The summed E-state index contributed by atoms with van der Waals surface area (Å²) in [5, 5.41) is 71.0. The normalized spacial score (nSPS) is 20.7. The van der Waals surface area contributed by atoms with Gasteiger partial charge in [0.2, 0.25) is 5.75 Å². The van der Waals surface area contributed by atoms with Crippen LogP contribution in [0.2, 0.25) is 0 Å². The van der Waals surface area contributed by atoms with Gasteiger partial charge in [-0.15, -0.1) is 0 Å². The fourth-order valence-corrected chi connectivity index (χ4v) is 5.57. The predicted octanol–water partition coefficient (Wildman–Crippen LogP) is 2.51. The first-order valence-corrected chi connectivity index (χ1v) is 16.4. The lowest BCUT2D eigenvalue weighted by Crippen LogP contribution is -2.60. The summed E-state index contributed by atoms with van der Waals surface area (Å²) < 4.78 is 33.0. The first-order chi connectivity index (χ1) is 24.8. The van der Waals surface area contributed by atoms with Crippen LogP contribution >= 0.6 is 0 Å². The molecule has 0 bridgehead atoms. The molecule has 3 aromatic carbocycles. The van der Waals surface area contributed by atoms with Gasteiger partial charge in [-0.2, -0.15) is 0 Å². The quantitative estimate of drug-likeness (QED) is 0.0602. The van der Waals surface area contributed by atoms with E-state index in [-0.39, 0.29) is 60.9 Å². The van der Waals surface area contributed by atoms with Crippen molar-refractivity contribution in [3.8, 4) is 40.2 Å². The third kappa shape index (κ3) is 10.5. The van der Waals surface area contributed by atoms with Crippen LogP contribution in [0.5, 0.6) is 40.2 Å². The van der Waals surface area contributed by atoms with Gasteiger partial charge < -0.3 is 64.2 Å². The number of aliphatic hydroxyl groups excluding tert-OH is 3. The second-order valence-corrected chi connectivity index (χ2v) is 12.1. The highest BCUT2D eigenvalue weighted by Crippen LogP contribution is 2.38. The fraction of sp³-hybridized carbons (Fsp3) is 0.405. The summed E-state index contributed by atoms with van der Waals surface area (Å²) in [5.74, 6) is -1.20. The van der Waals surface area contributed by atoms with Gasteiger partial charge in [0.05, 0.1) is 27.4 Å². The van der Waals surface area contributed by atoms with Crippen molar-refractivity contribution in [1.29, 1.82) is 0 Å². The third-order valence-electron chi connectivity index (χ3n) is 8.47. The average Bonchev–Trinajstić information content (AvgIpc) is 3.13. The number of aryl methyl sites for hydroxylation is 2. The van der Waals surface area contributed by atoms with E-state index in [4.69, 9.17) is 28.4 Å². The number of carbonyl (C=O) groups is 2. The number of ketones is 1. The lowest BCUT2D eigenvalue weighted by atomic mass is 9.97. The van der Waals surface area contributed by atoms with Gasteiger partial charge in [-0.3, -0.25) is 4.79 Å². The summed E-state index contributed by atoms with van der Waals surface area (Å²) in [4.78, 5) is 25.7. The van der Waals surface area contributed by atoms with E-state index < -0.39 is 49.4 Å². The summed E-state index contributed by atoms with van der Waals surface area (Å²) >= 11 is 0. The molecule has 1 heterocycles. The molecule has 1 fully saturated rings. The van der Waals surface area contributed by atoms with Crippen LogP contribution in [-0.4, -0.2) is 112 Å².